The van der Waals surface area contributed by atoms with Gasteiger partial charge in [0.1, 0.15) is 5.82 Å². The van der Waals surface area contributed by atoms with Crippen molar-refractivity contribution in [3.63, 3.8) is 0 Å². The number of rotatable bonds is 1. The van der Waals surface area contributed by atoms with Crippen molar-refractivity contribution in [2.24, 2.45) is 5.73 Å². The van der Waals surface area contributed by atoms with Gasteiger partial charge in [0, 0.05) is 30.8 Å². The molecule has 0 spiro atoms. The Morgan fingerprint density at radius 2 is 2.16 bits per heavy atom. The highest BCUT2D eigenvalue weighted by molar-refractivity contribution is 5.61. The van der Waals surface area contributed by atoms with Gasteiger partial charge in [-0.2, -0.15) is 0 Å². The van der Waals surface area contributed by atoms with Gasteiger partial charge in [-0.15, -0.1) is 0 Å². The molecule has 1 aliphatic carbocycles. The molecule has 0 fully saturated rings. The first kappa shape index (κ1) is 11.2. The summed E-state index contributed by atoms with van der Waals surface area (Å²) in [5.74, 6) is 1.23. The van der Waals surface area contributed by atoms with Crippen molar-refractivity contribution in [3.8, 4) is 11.3 Å². The Bertz CT molecular complexity index is 605. The summed E-state index contributed by atoms with van der Waals surface area (Å²) in [6.45, 7) is 1.12. The molecule has 3 heteroatoms. The third-order valence-corrected chi connectivity index (χ3v) is 4.46. The Morgan fingerprint density at radius 3 is 3.05 bits per heavy atom. The highest BCUT2D eigenvalue weighted by Gasteiger charge is 2.19. The number of hydrogen-bond donors (Lipinski definition) is 1. The van der Waals surface area contributed by atoms with Crippen LogP contribution < -0.4 is 5.73 Å². The quantitative estimate of drug-likeness (QED) is 0.849. The zero-order valence-electron chi connectivity index (χ0n) is 11.1. The summed E-state index contributed by atoms with van der Waals surface area (Å²) in [6.07, 6.45) is 8.03. The summed E-state index contributed by atoms with van der Waals surface area (Å²) in [7, 11) is 0. The van der Waals surface area contributed by atoms with Crippen LogP contribution in [0.3, 0.4) is 0 Å². The van der Waals surface area contributed by atoms with Crippen LogP contribution in [0, 0.1) is 0 Å². The van der Waals surface area contributed by atoms with E-state index in [4.69, 9.17) is 10.7 Å². The first-order chi connectivity index (χ1) is 9.31. The fourth-order valence-electron chi connectivity index (χ4n) is 3.39. The van der Waals surface area contributed by atoms with E-state index in [1.54, 1.807) is 0 Å². The molecule has 2 aliphatic rings. The molecule has 0 saturated carbocycles. The molecule has 3 nitrogen and oxygen atoms in total. The molecule has 0 radical (unpaired) electrons. The lowest BCUT2D eigenvalue weighted by Crippen LogP contribution is -2.17. The standard InChI is InChI=1S/C16H19N3/c17-14-4-1-3-11-6-7-12(9-13(11)14)15-10-19-8-2-5-16(19)18-15/h6-7,9-10,14H,1-5,8,17H2/t14-/m1/s1. The summed E-state index contributed by atoms with van der Waals surface area (Å²) in [5.41, 5.74) is 11.3. The van der Waals surface area contributed by atoms with Gasteiger partial charge in [-0.1, -0.05) is 12.1 Å². The minimum atomic E-state index is 0.207. The first-order valence-electron chi connectivity index (χ1n) is 7.26. The molecule has 1 atom stereocenters. The maximum absolute atomic E-state index is 6.24. The van der Waals surface area contributed by atoms with Crippen LogP contribution in [0.5, 0.6) is 0 Å². The van der Waals surface area contributed by atoms with Gasteiger partial charge in [0.05, 0.1) is 5.69 Å². The third-order valence-electron chi connectivity index (χ3n) is 4.46. The summed E-state index contributed by atoms with van der Waals surface area (Å²) in [5, 5.41) is 0. The molecule has 0 unspecified atom stereocenters. The van der Waals surface area contributed by atoms with E-state index < -0.39 is 0 Å². The van der Waals surface area contributed by atoms with E-state index >= 15 is 0 Å². The van der Waals surface area contributed by atoms with Crippen molar-refractivity contribution in [3.05, 3.63) is 41.3 Å². The van der Waals surface area contributed by atoms with Gasteiger partial charge in [0.15, 0.2) is 0 Å². The summed E-state index contributed by atoms with van der Waals surface area (Å²) >= 11 is 0. The van der Waals surface area contributed by atoms with Crippen molar-refractivity contribution in [1.82, 2.24) is 9.55 Å². The smallest absolute Gasteiger partial charge is 0.109 e. The number of imidazole rings is 1. The second-order valence-corrected chi connectivity index (χ2v) is 5.75. The Hall–Kier alpha value is -1.61. The molecule has 2 heterocycles. The predicted molar refractivity (Wildman–Crippen MR) is 75.9 cm³/mol. The molecule has 1 aliphatic heterocycles. The molecular formula is C16H19N3. The Morgan fingerprint density at radius 1 is 1.21 bits per heavy atom. The van der Waals surface area contributed by atoms with E-state index in [0.29, 0.717) is 0 Å². The van der Waals surface area contributed by atoms with E-state index in [1.807, 2.05) is 0 Å². The lowest BCUT2D eigenvalue weighted by atomic mass is 9.87. The molecule has 0 saturated heterocycles. The first-order valence-corrected chi connectivity index (χ1v) is 7.26. The van der Waals surface area contributed by atoms with E-state index in [2.05, 4.69) is 29.0 Å². The van der Waals surface area contributed by atoms with Crippen molar-refractivity contribution in [2.75, 3.05) is 0 Å². The van der Waals surface area contributed by atoms with Crippen LogP contribution in [0.4, 0.5) is 0 Å². The van der Waals surface area contributed by atoms with E-state index in [1.165, 1.54) is 41.8 Å². The fourth-order valence-corrected chi connectivity index (χ4v) is 3.39. The lowest BCUT2D eigenvalue weighted by molar-refractivity contribution is 0.570. The molecule has 98 valence electrons. The van der Waals surface area contributed by atoms with Crippen molar-refractivity contribution in [1.29, 1.82) is 0 Å². The van der Waals surface area contributed by atoms with Gasteiger partial charge in [-0.25, -0.2) is 4.98 Å². The molecule has 0 amide bonds. The van der Waals surface area contributed by atoms with Crippen LogP contribution >= 0.6 is 0 Å². The van der Waals surface area contributed by atoms with Crippen LogP contribution in [0.1, 0.15) is 42.3 Å². The number of aromatic nitrogens is 2. The average molecular weight is 253 g/mol. The van der Waals surface area contributed by atoms with Gasteiger partial charge in [-0.3, -0.25) is 0 Å². The zero-order chi connectivity index (χ0) is 12.8. The maximum Gasteiger partial charge on any atom is 0.109 e. The molecule has 0 bridgehead atoms. The van der Waals surface area contributed by atoms with Crippen LogP contribution in [0.25, 0.3) is 11.3 Å². The number of nitrogens with two attached hydrogens (primary N) is 1. The van der Waals surface area contributed by atoms with Crippen LogP contribution in [-0.4, -0.2) is 9.55 Å². The second kappa shape index (κ2) is 4.20. The SMILES string of the molecule is N[C@@H]1CCCc2ccc(-c3cn4c(n3)CCC4)cc21. The van der Waals surface area contributed by atoms with Crippen molar-refractivity contribution in [2.45, 2.75) is 44.7 Å². The third kappa shape index (κ3) is 1.80. The number of hydrogen-bond acceptors (Lipinski definition) is 2. The summed E-state index contributed by atoms with van der Waals surface area (Å²) in [4.78, 5) is 4.76. The van der Waals surface area contributed by atoms with Crippen LogP contribution in [-0.2, 0) is 19.4 Å². The monoisotopic (exact) mass is 253 g/mol. The molecule has 19 heavy (non-hydrogen) atoms. The Balaban J connectivity index is 1.76. The minimum absolute atomic E-state index is 0.207. The minimum Gasteiger partial charge on any atom is -0.334 e. The van der Waals surface area contributed by atoms with E-state index in [0.717, 1.165) is 25.1 Å². The number of fused-ring (bicyclic) bond motifs is 2. The van der Waals surface area contributed by atoms with Crippen molar-refractivity contribution >= 4 is 0 Å². The largest absolute Gasteiger partial charge is 0.334 e. The molecule has 4 rings (SSSR count). The highest BCUT2D eigenvalue weighted by Crippen LogP contribution is 2.32. The summed E-state index contributed by atoms with van der Waals surface area (Å²) in [6, 6.07) is 6.92. The van der Waals surface area contributed by atoms with Gasteiger partial charge < -0.3 is 10.3 Å². The number of nitrogens with zero attached hydrogens (tertiary/aromatic N) is 2. The summed E-state index contributed by atoms with van der Waals surface area (Å²) < 4.78 is 2.29. The zero-order valence-corrected chi connectivity index (χ0v) is 11.1. The molecule has 2 N–H and O–H groups in total. The topological polar surface area (TPSA) is 43.8 Å². The van der Waals surface area contributed by atoms with Gasteiger partial charge in [0.25, 0.3) is 0 Å². The van der Waals surface area contributed by atoms with E-state index in [9.17, 15) is 0 Å². The Kier molecular flexibility index (Phi) is 2.49. The molecule has 1 aromatic carbocycles. The van der Waals surface area contributed by atoms with Crippen LogP contribution in [0.2, 0.25) is 0 Å². The molecular weight excluding hydrogens is 234 g/mol. The normalized spacial score (nSPS) is 21.2. The number of benzene rings is 1. The fraction of sp³-hybridized carbons (Fsp3) is 0.438. The number of aryl methyl sites for hydroxylation is 3. The maximum atomic E-state index is 6.24. The van der Waals surface area contributed by atoms with E-state index in [-0.39, 0.29) is 6.04 Å². The molecule has 1 aromatic heterocycles. The predicted octanol–water partition coefficient (Wildman–Crippen LogP) is 2.83. The highest BCUT2D eigenvalue weighted by atomic mass is 15.1. The van der Waals surface area contributed by atoms with Gasteiger partial charge >= 0.3 is 0 Å². The van der Waals surface area contributed by atoms with Gasteiger partial charge in [-0.05, 0) is 42.9 Å². The lowest BCUT2D eigenvalue weighted by Gasteiger charge is -2.22. The second-order valence-electron chi connectivity index (χ2n) is 5.75. The molecule has 2 aromatic rings. The van der Waals surface area contributed by atoms with Gasteiger partial charge in [0.2, 0.25) is 0 Å². The Labute approximate surface area is 113 Å². The van der Waals surface area contributed by atoms with Crippen molar-refractivity contribution < 1.29 is 0 Å². The van der Waals surface area contributed by atoms with Crippen LogP contribution in [0.15, 0.2) is 24.4 Å². The average Bonchev–Trinajstić information content (AvgIpc) is 2.99.